The molecule has 6 rings (SSSR count). The van der Waals surface area contributed by atoms with Gasteiger partial charge in [-0.1, -0.05) is 12.1 Å². The number of piperidine rings is 1. The van der Waals surface area contributed by atoms with E-state index in [0.717, 1.165) is 58.3 Å². The highest BCUT2D eigenvalue weighted by atomic mass is 19.1. The van der Waals surface area contributed by atoms with Gasteiger partial charge >= 0.3 is 0 Å². The zero-order chi connectivity index (χ0) is 23.9. The minimum Gasteiger partial charge on any atom is -0.346 e. The molecule has 2 aromatic carbocycles. The number of aryl methyl sites for hydroxylation is 1. The van der Waals surface area contributed by atoms with Gasteiger partial charge in [0.15, 0.2) is 0 Å². The number of nitriles is 1. The lowest BCUT2D eigenvalue weighted by atomic mass is 9.95. The number of halogens is 1. The van der Waals surface area contributed by atoms with Crippen LogP contribution in [0.15, 0.2) is 61.1 Å². The summed E-state index contributed by atoms with van der Waals surface area (Å²) in [5.41, 5.74) is 5.40. The Morgan fingerprint density at radius 3 is 2.80 bits per heavy atom. The molecule has 6 nitrogen and oxygen atoms in total. The van der Waals surface area contributed by atoms with E-state index in [2.05, 4.69) is 33.3 Å². The second kappa shape index (κ2) is 8.64. The Bertz CT molecular complexity index is 1600. The second-order valence-electron chi connectivity index (χ2n) is 9.31. The Hall–Kier alpha value is -4.02. The Labute approximate surface area is 202 Å². The largest absolute Gasteiger partial charge is 0.346 e. The van der Waals surface area contributed by atoms with E-state index in [1.165, 1.54) is 18.9 Å². The number of nitrogens with zero attached hydrogens (tertiary/aromatic N) is 5. The van der Waals surface area contributed by atoms with E-state index in [9.17, 15) is 9.65 Å². The lowest BCUT2D eigenvalue weighted by molar-refractivity contribution is 0.341. The number of pyridine rings is 1. The molecule has 1 aliphatic rings. The van der Waals surface area contributed by atoms with Gasteiger partial charge in [0.2, 0.25) is 0 Å². The van der Waals surface area contributed by atoms with Crippen LogP contribution in [-0.4, -0.2) is 32.4 Å². The molecule has 1 fully saturated rings. The minimum atomic E-state index is -0.525. The topological polar surface area (TPSA) is 71.5 Å². The van der Waals surface area contributed by atoms with E-state index in [-0.39, 0.29) is 5.56 Å². The Morgan fingerprint density at radius 2 is 2.00 bits per heavy atom. The molecule has 1 atom stereocenters. The van der Waals surface area contributed by atoms with Gasteiger partial charge in [0.25, 0.3) is 0 Å². The number of hydrogen-bond donors (Lipinski definition) is 1. The SMILES string of the molecule is Cn1ncc2cc(-c3ncc4c(ccn4CC4CCCNC4)c3-c3ccc(C#N)c(F)c3)ccc21. The van der Waals surface area contributed by atoms with E-state index >= 15 is 0 Å². The van der Waals surface area contributed by atoms with Crippen molar-refractivity contribution >= 4 is 21.8 Å². The predicted octanol–water partition coefficient (Wildman–Crippen LogP) is 5.27. The normalized spacial score (nSPS) is 16.1. The van der Waals surface area contributed by atoms with Crippen molar-refractivity contribution in [3.63, 3.8) is 0 Å². The summed E-state index contributed by atoms with van der Waals surface area (Å²) in [7, 11) is 1.92. The van der Waals surface area contributed by atoms with Gasteiger partial charge in [0, 0.05) is 41.7 Å². The summed E-state index contributed by atoms with van der Waals surface area (Å²) in [6.07, 6.45) is 8.28. The molecule has 1 saturated heterocycles. The first-order valence-electron chi connectivity index (χ1n) is 11.9. The van der Waals surface area contributed by atoms with Crippen LogP contribution < -0.4 is 5.32 Å². The lowest BCUT2D eigenvalue weighted by Gasteiger charge is -2.23. The van der Waals surface area contributed by atoms with Gasteiger partial charge in [-0.2, -0.15) is 10.4 Å². The Balaban J connectivity index is 1.54. The molecule has 0 spiro atoms. The molecule has 0 radical (unpaired) electrons. The number of fused-ring (bicyclic) bond motifs is 2. The van der Waals surface area contributed by atoms with Crippen LogP contribution in [0.1, 0.15) is 18.4 Å². The molecular weight excluding hydrogens is 439 g/mol. The van der Waals surface area contributed by atoms with Crippen molar-refractivity contribution in [2.24, 2.45) is 13.0 Å². The van der Waals surface area contributed by atoms with Crippen molar-refractivity contribution in [3.05, 3.63) is 72.4 Å². The average Bonchev–Trinajstić information content (AvgIpc) is 3.47. The summed E-state index contributed by atoms with van der Waals surface area (Å²) >= 11 is 0. The fourth-order valence-corrected chi connectivity index (χ4v) is 5.26. The van der Waals surface area contributed by atoms with Crippen molar-refractivity contribution in [3.8, 4) is 28.5 Å². The van der Waals surface area contributed by atoms with Gasteiger partial charge < -0.3 is 9.88 Å². The lowest BCUT2D eigenvalue weighted by Crippen LogP contribution is -2.32. The molecule has 3 aromatic heterocycles. The molecule has 7 heteroatoms. The number of hydrogen-bond acceptors (Lipinski definition) is 4. The minimum absolute atomic E-state index is 0.0367. The molecule has 174 valence electrons. The molecule has 1 unspecified atom stereocenters. The van der Waals surface area contributed by atoms with Crippen molar-refractivity contribution in [1.82, 2.24) is 24.6 Å². The van der Waals surface area contributed by atoms with Gasteiger partial charge in [-0.25, -0.2) is 4.39 Å². The summed E-state index contributed by atoms with van der Waals surface area (Å²) in [4.78, 5) is 4.91. The van der Waals surface area contributed by atoms with Crippen LogP contribution in [0.4, 0.5) is 4.39 Å². The molecule has 4 heterocycles. The van der Waals surface area contributed by atoms with Crippen molar-refractivity contribution in [2.45, 2.75) is 19.4 Å². The summed E-state index contributed by atoms with van der Waals surface area (Å²) in [5.74, 6) is 0.0474. The highest BCUT2D eigenvalue weighted by molar-refractivity contribution is 6.02. The van der Waals surface area contributed by atoms with Crippen LogP contribution >= 0.6 is 0 Å². The number of rotatable bonds is 4. The van der Waals surface area contributed by atoms with E-state index < -0.39 is 5.82 Å². The van der Waals surface area contributed by atoms with Gasteiger partial charge in [-0.15, -0.1) is 0 Å². The maximum absolute atomic E-state index is 14.7. The summed E-state index contributed by atoms with van der Waals surface area (Å²) in [6, 6.07) is 15.0. The Kier molecular flexibility index (Phi) is 5.31. The van der Waals surface area contributed by atoms with Crippen LogP contribution in [0.25, 0.3) is 44.2 Å². The third-order valence-corrected chi connectivity index (χ3v) is 7.08. The zero-order valence-electron chi connectivity index (χ0n) is 19.5. The molecule has 0 amide bonds. The van der Waals surface area contributed by atoms with Crippen molar-refractivity contribution < 1.29 is 4.39 Å². The molecule has 35 heavy (non-hydrogen) atoms. The number of aromatic nitrogens is 4. The maximum Gasteiger partial charge on any atom is 0.141 e. The van der Waals surface area contributed by atoms with E-state index in [1.807, 2.05) is 48.4 Å². The summed E-state index contributed by atoms with van der Waals surface area (Å²) in [5, 5.41) is 19.1. The standard InChI is InChI=1S/C28H25FN6/c1-34-25-7-6-20(11-22(25)15-33-34)28-27(19-4-5-21(13-30)24(29)12-19)23-8-10-35(26(23)16-32-28)17-18-3-2-9-31-14-18/h4-8,10-12,15-16,18,31H,2-3,9,14,17H2,1H3. The molecular formula is C28H25FN6. The fourth-order valence-electron chi connectivity index (χ4n) is 5.26. The van der Waals surface area contributed by atoms with Gasteiger partial charge in [0.1, 0.15) is 11.9 Å². The quantitative estimate of drug-likeness (QED) is 0.393. The highest BCUT2D eigenvalue weighted by Gasteiger charge is 2.20. The van der Waals surface area contributed by atoms with Crippen LogP contribution in [0.3, 0.4) is 0 Å². The first-order chi connectivity index (χ1) is 17.1. The summed E-state index contributed by atoms with van der Waals surface area (Å²) in [6.45, 7) is 3.02. The van der Waals surface area contributed by atoms with Crippen molar-refractivity contribution in [1.29, 1.82) is 5.26 Å². The van der Waals surface area contributed by atoms with E-state index in [4.69, 9.17) is 4.98 Å². The third-order valence-electron chi connectivity index (χ3n) is 7.08. The zero-order valence-corrected chi connectivity index (χ0v) is 19.5. The van der Waals surface area contributed by atoms with Gasteiger partial charge in [-0.3, -0.25) is 9.67 Å². The molecule has 5 aromatic rings. The van der Waals surface area contributed by atoms with E-state index in [0.29, 0.717) is 11.5 Å². The maximum atomic E-state index is 14.7. The molecule has 0 saturated carbocycles. The molecule has 1 aliphatic heterocycles. The predicted molar refractivity (Wildman–Crippen MR) is 135 cm³/mol. The van der Waals surface area contributed by atoms with Crippen LogP contribution in [-0.2, 0) is 13.6 Å². The fraction of sp³-hybridized carbons (Fsp3) is 0.250. The average molecular weight is 465 g/mol. The Morgan fingerprint density at radius 1 is 1.11 bits per heavy atom. The van der Waals surface area contributed by atoms with Crippen molar-refractivity contribution in [2.75, 3.05) is 13.1 Å². The first-order valence-corrected chi connectivity index (χ1v) is 11.9. The van der Waals surface area contributed by atoms with Crippen LogP contribution in [0.5, 0.6) is 0 Å². The highest BCUT2D eigenvalue weighted by Crippen LogP contribution is 2.38. The molecule has 0 bridgehead atoms. The number of nitrogens with one attached hydrogen (secondary N) is 1. The van der Waals surface area contributed by atoms with Gasteiger partial charge in [-0.05, 0) is 67.7 Å². The first kappa shape index (κ1) is 21.5. The van der Waals surface area contributed by atoms with Crippen LogP contribution in [0, 0.1) is 23.1 Å². The monoisotopic (exact) mass is 464 g/mol. The van der Waals surface area contributed by atoms with Crippen LogP contribution in [0.2, 0.25) is 0 Å². The van der Waals surface area contributed by atoms with E-state index in [1.54, 1.807) is 6.07 Å². The molecule has 0 aliphatic carbocycles. The number of benzene rings is 2. The second-order valence-corrected chi connectivity index (χ2v) is 9.31. The third kappa shape index (κ3) is 3.76. The summed E-state index contributed by atoms with van der Waals surface area (Å²) < 4.78 is 18.8. The smallest absolute Gasteiger partial charge is 0.141 e. The van der Waals surface area contributed by atoms with Gasteiger partial charge in [0.05, 0.1) is 34.7 Å². The molecule has 1 N–H and O–H groups in total.